The molecule has 1 aliphatic heterocycles. The molecule has 0 amide bonds. The van der Waals surface area contributed by atoms with Gasteiger partial charge < -0.3 is 15.2 Å². The number of hydrogen-bond donors (Lipinski definition) is 2. The number of hydrogen-bond acceptors (Lipinski definition) is 4. The predicted octanol–water partition coefficient (Wildman–Crippen LogP) is 3.33. The minimum atomic E-state index is 0.647. The molecule has 5 nitrogen and oxygen atoms in total. The largest absolute Gasteiger partial charge is 0.338 e. The predicted molar refractivity (Wildman–Crippen MR) is 106 cm³/mol. The first-order chi connectivity index (χ1) is 12.7. The maximum Gasteiger partial charge on any atom is 0.140 e. The molecule has 5 heteroatoms. The van der Waals surface area contributed by atoms with Crippen LogP contribution in [0.25, 0.3) is 22.4 Å². The van der Waals surface area contributed by atoms with Gasteiger partial charge in [-0.25, -0.2) is 4.98 Å². The normalized spacial score (nSPS) is 16.4. The molecule has 3 heterocycles. The van der Waals surface area contributed by atoms with Crippen molar-refractivity contribution in [3.63, 3.8) is 0 Å². The second-order valence-electron chi connectivity index (χ2n) is 7.28. The number of likely N-dealkylation sites (tertiary alicyclic amines) is 1. The first-order valence-corrected chi connectivity index (χ1v) is 9.52. The number of nitrogens with zero attached hydrogens (tertiary/aromatic N) is 3. The maximum absolute atomic E-state index is 4.80. The lowest BCUT2D eigenvalue weighted by atomic mass is 9.88. The number of benzene rings is 1. The quantitative estimate of drug-likeness (QED) is 0.742. The maximum atomic E-state index is 4.80. The van der Waals surface area contributed by atoms with Crippen LogP contribution in [-0.2, 0) is 0 Å². The van der Waals surface area contributed by atoms with Gasteiger partial charge in [0, 0.05) is 31.0 Å². The molecule has 1 saturated heterocycles. The summed E-state index contributed by atoms with van der Waals surface area (Å²) in [4.78, 5) is 15.1. The number of H-pyrrole nitrogens is 1. The first kappa shape index (κ1) is 17.2. The van der Waals surface area contributed by atoms with Crippen LogP contribution in [0.15, 0.2) is 36.7 Å². The summed E-state index contributed by atoms with van der Waals surface area (Å²) in [5.74, 6) is 1.55. The summed E-state index contributed by atoms with van der Waals surface area (Å²) in [5.41, 5.74) is 5.93. The number of aryl methyl sites for hydroxylation is 1. The molecule has 0 bridgehead atoms. The summed E-state index contributed by atoms with van der Waals surface area (Å²) >= 11 is 0. The Labute approximate surface area is 154 Å². The van der Waals surface area contributed by atoms with E-state index in [9.17, 15) is 0 Å². The number of rotatable bonds is 5. The molecule has 1 fully saturated rings. The van der Waals surface area contributed by atoms with E-state index in [1.54, 1.807) is 6.20 Å². The van der Waals surface area contributed by atoms with Crippen molar-refractivity contribution in [2.24, 2.45) is 0 Å². The lowest BCUT2D eigenvalue weighted by Crippen LogP contribution is -2.37. The van der Waals surface area contributed by atoms with Crippen molar-refractivity contribution >= 4 is 11.0 Å². The molecule has 0 saturated carbocycles. The zero-order chi connectivity index (χ0) is 17.9. The summed E-state index contributed by atoms with van der Waals surface area (Å²) < 4.78 is 0. The van der Waals surface area contributed by atoms with E-state index < -0.39 is 0 Å². The van der Waals surface area contributed by atoms with Crippen LogP contribution in [0.2, 0.25) is 0 Å². The van der Waals surface area contributed by atoms with E-state index in [1.807, 2.05) is 25.4 Å². The van der Waals surface area contributed by atoms with E-state index in [0.29, 0.717) is 5.92 Å². The molecule has 0 spiro atoms. The molecule has 2 N–H and O–H groups in total. The Hall–Kier alpha value is -2.24. The Morgan fingerprint density at radius 3 is 2.85 bits per heavy atom. The fraction of sp³-hybridized carbons (Fsp3) is 0.429. The number of imidazole rings is 1. The van der Waals surface area contributed by atoms with Crippen LogP contribution < -0.4 is 5.32 Å². The highest BCUT2D eigenvalue weighted by Gasteiger charge is 2.21. The smallest absolute Gasteiger partial charge is 0.140 e. The average molecular weight is 349 g/mol. The van der Waals surface area contributed by atoms with E-state index in [-0.39, 0.29) is 0 Å². The fourth-order valence-electron chi connectivity index (χ4n) is 3.95. The summed E-state index contributed by atoms with van der Waals surface area (Å²) in [7, 11) is 2.02. The van der Waals surface area contributed by atoms with Crippen molar-refractivity contribution < 1.29 is 0 Å². The van der Waals surface area contributed by atoms with Crippen LogP contribution in [0.3, 0.4) is 0 Å². The third-order valence-corrected chi connectivity index (χ3v) is 5.47. The number of aromatic nitrogens is 3. The standard InChI is InChI=1S/C21H27N5/c1-15-12-18(16-5-9-26(10-6-16)11-8-22-2)13-19-20(15)25-21(24-19)17-4-3-7-23-14-17/h3-4,7,12-14,16,22H,5-6,8-11H2,1-2H3,(H,24,25). The van der Waals surface area contributed by atoms with Crippen LogP contribution >= 0.6 is 0 Å². The molecule has 3 aromatic rings. The molecule has 0 aliphatic carbocycles. The van der Waals surface area contributed by atoms with Gasteiger partial charge in [-0.1, -0.05) is 6.07 Å². The molecule has 0 radical (unpaired) electrons. The van der Waals surface area contributed by atoms with Crippen LogP contribution in [-0.4, -0.2) is 53.1 Å². The molecule has 1 aromatic carbocycles. The van der Waals surface area contributed by atoms with Gasteiger partial charge in [0.2, 0.25) is 0 Å². The van der Waals surface area contributed by atoms with Crippen molar-refractivity contribution in [2.45, 2.75) is 25.7 Å². The highest BCUT2D eigenvalue weighted by Crippen LogP contribution is 2.32. The molecule has 4 rings (SSSR count). The van der Waals surface area contributed by atoms with E-state index in [0.717, 1.165) is 35.5 Å². The van der Waals surface area contributed by atoms with Crippen molar-refractivity contribution in [2.75, 3.05) is 33.2 Å². The first-order valence-electron chi connectivity index (χ1n) is 9.52. The van der Waals surface area contributed by atoms with Gasteiger partial charge in [-0.3, -0.25) is 4.98 Å². The molecule has 0 unspecified atom stereocenters. The zero-order valence-electron chi connectivity index (χ0n) is 15.6. The molecule has 2 aromatic heterocycles. The van der Waals surface area contributed by atoms with Gasteiger partial charge >= 0.3 is 0 Å². The molecule has 26 heavy (non-hydrogen) atoms. The molecular weight excluding hydrogens is 322 g/mol. The highest BCUT2D eigenvalue weighted by molar-refractivity contribution is 5.83. The second kappa shape index (κ2) is 7.56. The molecule has 1 aliphatic rings. The van der Waals surface area contributed by atoms with Gasteiger partial charge in [0.05, 0.1) is 11.0 Å². The number of pyridine rings is 1. The van der Waals surface area contributed by atoms with Gasteiger partial charge in [-0.05, 0) is 75.1 Å². The summed E-state index contributed by atoms with van der Waals surface area (Å²) in [6.07, 6.45) is 6.11. The van der Waals surface area contributed by atoms with Gasteiger partial charge in [-0.2, -0.15) is 0 Å². The van der Waals surface area contributed by atoms with Crippen molar-refractivity contribution in [1.82, 2.24) is 25.2 Å². The van der Waals surface area contributed by atoms with E-state index in [1.165, 1.54) is 37.1 Å². The van der Waals surface area contributed by atoms with Gasteiger partial charge in [0.25, 0.3) is 0 Å². The van der Waals surface area contributed by atoms with Crippen LogP contribution in [0.5, 0.6) is 0 Å². The van der Waals surface area contributed by atoms with Gasteiger partial charge in [0.1, 0.15) is 5.82 Å². The lowest BCUT2D eigenvalue weighted by Gasteiger charge is -2.32. The van der Waals surface area contributed by atoms with Crippen molar-refractivity contribution in [1.29, 1.82) is 0 Å². The van der Waals surface area contributed by atoms with Crippen LogP contribution in [0, 0.1) is 6.92 Å². The van der Waals surface area contributed by atoms with Gasteiger partial charge in [0.15, 0.2) is 0 Å². The number of likely N-dealkylation sites (N-methyl/N-ethyl adjacent to an activating group) is 1. The second-order valence-corrected chi connectivity index (χ2v) is 7.28. The number of piperidine rings is 1. The highest BCUT2D eigenvalue weighted by atomic mass is 15.1. The summed E-state index contributed by atoms with van der Waals surface area (Å²) in [6, 6.07) is 8.64. The Morgan fingerprint density at radius 1 is 1.27 bits per heavy atom. The minimum Gasteiger partial charge on any atom is -0.338 e. The van der Waals surface area contributed by atoms with E-state index in [2.05, 4.69) is 39.2 Å². The third-order valence-electron chi connectivity index (χ3n) is 5.47. The monoisotopic (exact) mass is 349 g/mol. The van der Waals surface area contributed by atoms with E-state index >= 15 is 0 Å². The van der Waals surface area contributed by atoms with Crippen molar-refractivity contribution in [3.8, 4) is 11.4 Å². The molecule has 0 atom stereocenters. The SMILES string of the molecule is CNCCN1CCC(c2cc(C)c3nc(-c4cccnc4)[nH]c3c2)CC1. The Morgan fingerprint density at radius 2 is 2.12 bits per heavy atom. The third kappa shape index (κ3) is 3.50. The topological polar surface area (TPSA) is 56.8 Å². The average Bonchev–Trinajstić information content (AvgIpc) is 3.12. The van der Waals surface area contributed by atoms with E-state index in [4.69, 9.17) is 4.98 Å². The van der Waals surface area contributed by atoms with Gasteiger partial charge in [-0.15, -0.1) is 0 Å². The summed E-state index contributed by atoms with van der Waals surface area (Å²) in [6.45, 7) is 6.76. The fourth-order valence-corrected chi connectivity index (χ4v) is 3.95. The Balaban J connectivity index is 1.56. The number of nitrogens with one attached hydrogen (secondary N) is 2. The van der Waals surface area contributed by atoms with Crippen LogP contribution in [0.4, 0.5) is 0 Å². The van der Waals surface area contributed by atoms with Crippen LogP contribution in [0.1, 0.15) is 29.9 Å². The Bertz CT molecular complexity index is 863. The minimum absolute atomic E-state index is 0.647. The number of aromatic amines is 1. The lowest BCUT2D eigenvalue weighted by molar-refractivity contribution is 0.214. The molecular formula is C21H27N5. The summed E-state index contributed by atoms with van der Waals surface area (Å²) in [5, 5.41) is 3.24. The Kier molecular flexibility index (Phi) is 5.00. The number of fused-ring (bicyclic) bond motifs is 1. The van der Waals surface area contributed by atoms with Crippen molar-refractivity contribution in [3.05, 3.63) is 47.8 Å². The molecule has 136 valence electrons. The zero-order valence-corrected chi connectivity index (χ0v) is 15.6.